The van der Waals surface area contributed by atoms with Gasteiger partial charge in [0.2, 0.25) is 0 Å². The van der Waals surface area contributed by atoms with Gasteiger partial charge in [-0.3, -0.25) is 4.79 Å². The van der Waals surface area contributed by atoms with Gasteiger partial charge in [0.05, 0.1) is 17.7 Å². The second kappa shape index (κ2) is 4.69. The number of aromatic nitrogens is 2. The van der Waals surface area contributed by atoms with Crippen LogP contribution in [0.3, 0.4) is 0 Å². The summed E-state index contributed by atoms with van der Waals surface area (Å²) in [4.78, 5) is 15.2. The topological polar surface area (TPSA) is 34.9 Å². The number of hydrogen-bond donors (Lipinski definition) is 0. The summed E-state index contributed by atoms with van der Waals surface area (Å²) in [6.07, 6.45) is 7.36. The van der Waals surface area contributed by atoms with E-state index in [-0.39, 0.29) is 0 Å². The molecule has 3 nitrogen and oxygen atoms in total. The van der Waals surface area contributed by atoms with Crippen molar-refractivity contribution in [1.82, 2.24) is 9.55 Å². The quantitative estimate of drug-likeness (QED) is 0.798. The summed E-state index contributed by atoms with van der Waals surface area (Å²) >= 11 is 3.53. The highest BCUT2D eigenvalue weighted by Crippen LogP contribution is 2.27. The fraction of sp³-hybridized carbons (Fsp3) is 0.286. The number of halogens is 1. The van der Waals surface area contributed by atoms with Crippen molar-refractivity contribution in [2.45, 2.75) is 25.7 Å². The molecular formula is C14H13BrN2O. The van der Waals surface area contributed by atoms with Crippen molar-refractivity contribution < 1.29 is 4.79 Å². The molecule has 4 heteroatoms. The standard InChI is InChI=1S/C14H13BrN2O/c15-11-7-10(8-18)5-6-13(11)17-9-16-12-3-1-2-4-14(12)17/h5-9H,1-4H2. The van der Waals surface area contributed by atoms with E-state index in [4.69, 9.17) is 0 Å². The Hall–Kier alpha value is -1.42. The first kappa shape index (κ1) is 11.7. The first-order valence-corrected chi connectivity index (χ1v) is 6.89. The summed E-state index contributed by atoms with van der Waals surface area (Å²) in [5.41, 5.74) is 4.25. The van der Waals surface area contributed by atoms with Crippen molar-refractivity contribution >= 4 is 22.2 Å². The predicted octanol–water partition coefficient (Wildman–Crippen LogP) is 3.33. The van der Waals surface area contributed by atoms with E-state index in [2.05, 4.69) is 25.5 Å². The summed E-state index contributed by atoms with van der Waals surface area (Å²) < 4.78 is 3.06. The molecule has 0 saturated carbocycles. The highest BCUT2D eigenvalue weighted by atomic mass is 79.9. The number of fused-ring (bicyclic) bond motifs is 1. The molecule has 0 aliphatic heterocycles. The van der Waals surface area contributed by atoms with Gasteiger partial charge in [0, 0.05) is 15.7 Å². The van der Waals surface area contributed by atoms with Gasteiger partial charge in [-0.1, -0.05) is 0 Å². The molecule has 18 heavy (non-hydrogen) atoms. The van der Waals surface area contributed by atoms with E-state index < -0.39 is 0 Å². The van der Waals surface area contributed by atoms with Crippen LogP contribution in [0.4, 0.5) is 0 Å². The van der Waals surface area contributed by atoms with E-state index in [1.165, 1.54) is 24.2 Å². The van der Waals surface area contributed by atoms with Crippen LogP contribution >= 0.6 is 15.9 Å². The Balaban J connectivity index is 2.09. The van der Waals surface area contributed by atoms with E-state index in [1.54, 1.807) is 0 Å². The maximum Gasteiger partial charge on any atom is 0.150 e. The second-order valence-electron chi connectivity index (χ2n) is 4.54. The number of imidazole rings is 1. The highest BCUT2D eigenvalue weighted by molar-refractivity contribution is 9.10. The maximum absolute atomic E-state index is 10.7. The number of rotatable bonds is 2. The largest absolute Gasteiger partial charge is 0.302 e. The number of nitrogens with zero attached hydrogens (tertiary/aromatic N) is 2. The monoisotopic (exact) mass is 304 g/mol. The van der Waals surface area contributed by atoms with Crippen molar-refractivity contribution in [2.75, 3.05) is 0 Å². The van der Waals surface area contributed by atoms with Crippen LogP contribution < -0.4 is 0 Å². The zero-order valence-electron chi connectivity index (χ0n) is 9.90. The molecule has 2 aromatic rings. The molecule has 0 unspecified atom stereocenters. The van der Waals surface area contributed by atoms with Crippen LogP contribution in [0, 0.1) is 0 Å². The lowest BCUT2D eigenvalue weighted by molar-refractivity contribution is 0.112. The lowest BCUT2D eigenvalue weighted by atomic mass is 10.0. The van der Waals surface area contributed by atoms with Crippen LogP contribution in [-0.2, 0) is 12.8 Å². The number of aldehydes is 1. The molecule has 1 aliphatic rings. The molecule has 0 radical (unpaired) electrons. The molecule has 0 atom stereocenters. The van der Waals surface area contributed by atoms with E-state index in [9.17, 15) is 4.79 Å². The predicted molar refractivity (Wildman–Crippen MR) is 73.3 cm³/mol. The van der Waals surface area contributed by atoms with Gasteiger partial charge in [-0.2, -0.15) is 0 Å². The molecule has 3 rings (SSSR count). The number of benzene rings is 1. The van der Waals surface area contributed by atoms with Crippen LogP contribution in [0.2, 0.25) is 0 Å². The molecule has 1 aromatic carbocycles. The Morgan fingerprint density at radius 3 is 2.89 bits per heavy atom. The summed E-state index contributed by atoms with van der Waals surface area (Å²) in [6, 6.07) is 5.64. The molecule has 0 bridgehead atoms. The number of aryl methyl sites for hydroxylation is 1. The molecule has 0 amide bonds. The Morgan fingerprint density at radius 2 is 2.11 bits per heavy atom. The molecule has 0 fully saturated rings. The normalized spacial score (nSPS) is 14.3. The van der Waals surface area contributed by atoms with E-state index >= 15 is 0 Å². The van der Waals surface area contributed by atoms with Crippen molar-refractivity contribution in [3.8, 4) is 5.69 Å². The molecule has 1 aliphatic carbocycles. The SMILES string of the molecule is O=Cc1ccc(-n2cnc3c2CCCC3)c(Br)c1. The van der Waals surface area contributed by atoms with E-state index in [0.717, 1.165) is 29.3 Å². The maximum atomic E-state index is 10.7. The molecule has 92 valence electrons. The van der Waals surface area contributed by atoms with Gasteiger partial charge in [-0.25, -0.2) is 4.98 Å². The molecule has 0 saturated heterocycles. The first-order valence-electron chi connectivity index (χ1n) is 6.10. The van der Waals surface area contributed by atoms with Gasteiger partial charge in [-0.05, 0) is 59.8 Å². The third kappa shape index (κ3) is 1.90. The van der Waals surface area contributed by atoms with E-state index in [0.29, 0.717) is 5.56 Å². The van der Waals surface area contributed by atoms with Gasteiger partial charge < -0.3 is 4.57 Å². The van der Waals surface area contributed by atoms with Crippen molar-refractivity contribution in [3.05, 3.63) is 46.0 Å². The minimum Gasteiger partial charge on any atom is -0.302 e. The zero-order valence-corrected chi connectivity index (χ0v) is 11.5. The second-order valence-corrected chi connectivity index (χ2v) is 5.40. The van der Waals surface area contributed by atoms with Gasteiger partial charge >= 0.3 is 0 Å². The Labute approximate surface area is 114 Å². The van der Waals surface area contributed by atoms with Gasteiger partial charge in [0.25, 0.3) is 0 Å². The Morgan fingerprint density at radius 1 is 1.28 bits per heavy atom. The Kier molecular flexibility index (Phi) is 3.04. The van der Waals surface area contributed by atoms with Crippen LogP contribution in [0.15, 0.2) is 29.0 Å². The zero-order chi connectivity index (χ0) is 12.5. The van der Waals surface area contributed by atoms with Crippen LogP contribution in [0.25, 0.3) is 5.69 Å². The minimum absolute atomic E-state index is 0.680. The highest BCUT2D eigenvalue weighted by Gasteiger charge is 2.17. The lowest BCUT2D eigenvalue weighted by Gasteiger charge is -2.15. The summed E-state index contributed by atoms with van der Waals surface area (Å²) in [6.45, 7) is 0. The average molecular weight is 305 g/mol. The molecule has 0 spiro atoms. The van der Waals surface area contributed by atoms with Gasteiger partial charge in [-0.15, -0.1) is 0 Å². The number of carbonyl (C=O) groups is 1. The van der Waals surface area contributed by atoms with Crippen molar-refractivity contribution in [3.63, 3.8) is 0 Å². The van der Waals surface area contributed by atoms with Gasteiger partial charge in [0.1, 0.15) is 6.29 Å². The Bertz CT molecular complexity index is 604. The van der Waals surface area contributed by atoms with Crippen LogP contribution in [0.1, 0.15) is 34.6 Å². The fourth-order valence-corrected chi connectivity index (χ4v) is 3.06. The smallest absolute Gasteiger partial charge is 0.150 e. The molecular weight excluding hydrogens is 292 g/mol. The lowest BCUT2D eigenvalue weighted by Crippen LogP contribution is -2.07. The summed E-state index contributed by atoms with van der Waals surface area (Å²) in [5, 5.41) is 0. The third-order valence-electron chi connectivity index (χ3n) is 3.40. The fourth-order valence-electron chi connectivity index (χ4n) is 2.47. The molecule has 1 aromatic heterocycles. The van der Waals surface area contributed by atoms with Crippen molar-refractivity contribution in [1.29, 1.82) is 0 Å². The number of carbonyl (C=O) groups excluding carboxylic acids is 1. The third-order valence-corrected chi connectivity index (χ3v) is 4.03. The number of hydrogen-bond acceptors (Lipinski definition) is 2. The summed E-state index contributed by atoms with van der Waals surface area (Å²) in [5.74, 6) is 0. The molecule has 1 heterocycles. The minimum atomic E-state index is 0.680. The molecule has 0 N–H and O–H groups in total. The van der Waals surface area contributed by atoms with Crippen LogP contribution in [0.5, 0.6) is 0 Å². The average Bonchev–Trinajstić information content (AvgIpc) is 2.82. The van der Waals surface area contributed by atoms with Crippen LogP contribution in [-0.4, -0.2) is 15.8 Å². The summed E-state index contributed by atoms with van der Waals surface area (Å²) in [7, 11) is 0. The first-order chi connectivity index (χ1) is 8.79. The van der Waals surface area contributed by atoms with Crippen molar-refractivity contribution in [2.24, 2.45) is 0 Å². The van der Waals surface area contributed by atoms with E-state index in [1.807, 2.05) is 24.5 Å². The van der Waals surface area contributed by atoms with Gasteiger partial charge in [0.15, 0.2) is 0 Å².